The fraction of sp³-hybridized carbons (Fsp3) is 0.192. The third-order valence-corrected chi connectivity index (χ3v) is 6.38. The van der Waals surface area contributed by atoms with Crippen LogP contribution in [0.15, 0.2) is 42.7 Å². The van der Waals surface area contributed by atoms with Crippen LogP contribution in [0.4, 0.5) is 27.8 Å². The highest BCUT2D eigenvalue weighted by Crippen LogP contribution is 2.37. The van der Waals surface area contributed by atoms with E-state index >= 15 is 4.39 Å². The van der Waals surface area contributed by atoms with Crippen LogP contribution in [-0.4, -0.2) is 49.9 Å². The summed E-state index contributed by atoms with van der Waals surface area (Å²) in [6.45, 7) is 0.701. The maximum Gasteiger partial charge on any atom is 0.246 e. The number of allylic oxidation sites excluding steroid dienone is 1. The standard InChI is InChI=1S/C26H19F5N6O3/c27-16-9-14(40-24-21(30)17(28)10-18(29)22(24)31)5-6-15(16)23-20-25(32)33-12-34-26(20)37(35-23)13-3-1-7-36(11-13)19(39)4-2-8-38/h2,4-6,8-10,12-13H,1,3,7,11H2,(H2,32,33,34)/b4-2-. The predicted molar refractivity (Wildman–Crippen MR) is 132 cm³/mol. The molecule has 9 nitrogen and oxygen atoms in total. The van der Waals surface area contributed by atoms with Gasteiger partial charge in [-0.05, 0) is 31.1 Å². The molecular formula is C26H19F5N6O3. The highest BCUT2D eigenvalue weighted by Gasteiger charge is 2.29. The molecule has 2 aromatic heterocycles. The lowest BCUT2D eigenvalue weighted by Gasteiger charge is -2.32. The fourth-order valence-corrected chi connectivity index (χ4v) is 4.53. The molecule has 14 heteroatoms. The second-order valence-corrected chi connectivity index (χ2v) is 8.87. The van der Waals surface area contributed by atoms with Crippen LogP contribution in [0.1, 0.15) is 18.9 Å². The molecule has 40 heavy (non-hydrogen) atoms. The number of hydrogen-bond donors (Lipinski definition) is 1. The van der Waals surface area contributed by atoms with Gasteiger partial charge < -0.3 is 15.4 Å². The summed E-state index contributed by atoms with van der Waals surface area (Å²) < 4.78 is 77.0. The highest BCUT2D eigenvalue weighted by molar-refractivity contribution is 5.98. The van der Waals surface area contributed by atoms with Gasteiger partial charge in [0.2, 0.25) is 23.3 Å². The normalized spacial score (nSPS) is 15.6. The van der Waals surface area contributed by atoms with Gasteiger partial charge in [-0.2, -0.15) is 13.9 Å². The van der Waals surface area contributed by atoms with E-state index in [-0.39, 0.29) is 52.7 Å². The molecule has 1 unspecified atom stereocenters. The van der Waals surface area contributed by atoms with Gasteiger partial charge >= 0.3 is 0 Å². The lowest BCUT2D eigenvalue weighted by molar-refractivity contribution is -0.127. The smallest absolute Gasteiger partial charge is 0.246 e. The van der Waals surface area contributed by atoms with Gasteiger partial charge in [0, 0.05) is 36.9 Å². The summed E-state index contributed by atoms with van der Waals surface area (Å²) >= 11 is 0. The molecule has 2 N–H and O–H groups in total. The molecule has 0 spiro atoms. The maximum absolute atomic E-state index is 15.4. The summed E-state index contributed by atoms with van der Waals surface area (Å²) in [5, 5.41) is 4.77. The number of anilines is 1. The Morgan fingerprint density at radius 3 is 2.50 bits per heavy atom. The molecule has 1 atom stereocenters. The number of benzene rings is 2. The number of nitrogen functional groups attached to an aromatic ring is 1. The van der Waals surface area contributed by atoms with Crippen LogP contribution in [-0.2, 0) is 9.59 Å². The van der Waals surface area contributed by atoms with Crippen LogP contribution in [0.5, 0.6) is 11.5 Å². The Kier molecular flexibility index (Phi) is 7.15. The fourth-order valence-electron chi connectivity index (χ4n) is 4.53. The van der Waals surface area contributed by atoms with Gasteiger partial charge in [-0.25, -0.2) is 27.8 Å². The molecule has 0 bridgehead atoms. The molecule has 3 heterocycles. The third kappa shape index (κ3) is 4.83. The minimum atomic E-state index is -1.78. The number of carbonyl (C=O) groups is 2. The number of ether oxygens (including phenoxy) is 1. The average Bonchev–Trinajstić information content (AvgIpc) is 3.34. The summed E-state index contributed by atoms with van der Waals surface area (Å²) in [7, 11) is 0. The number of aldehydes is 1. The molecule has 1 saturated heterocycles. The van der Waals surface area contributed by atoms with Crippen LogP contribution in [0.25, 0.3) is 22.3 Å². The van der Waals surface area contributed by atoms with Crippen LogP contribution in [0.3, 0.4) is 0 Å². The van der Waals surface area contributed by atoms with Crippen LogP contribution >= 0.6 is 0 Å². The van der Waals surface area contributed by atoms with Crippen molar-refractivity contribution in [2.24, 2.45) is 0 Å². The first-order valence-electron chi connectivity index (χ1n) is 11.9. The van der Waals surface area contributed by atoms with E-state index in [4.69, 9.17) is 10.5 Å². The Bertz CT molecular complexity index is 1650. The van der Waals surface area contributed by atoms with Gasteiger partial charge in [-0.15, -0.1) is 0 Å². The Labute approximate surface area is 222 Å². The molecule has 1 aliphatic rings. The topological polar surface area (TPSA) is 116 Å². The highest BCUT2D eigenvalue weighted by atomic mass is 19.2. The number of carbonyl (C=O) groups excluding carboxylic acids is 2. The first kappa shape index (κ1) is 26.7. The quantitative estimate of drug-likeness (QED) is 0.161. The van der Waals surface area contributed by atoms with Crippen molar-refractivity contribution in [3.05, 3.63) is 71.8 Å². The molecular weight excluding hydrogens is 539 g/mol. The van der Waals surface area contributed by atoms with Gasteiger partial charge in [0.1, 0.15) is 35.7 Å². The lowest BCUT2D eigenvalue weighted by Crippen LogP contribution is -2.40. The number of halogens is 5. The van der Waals surface area contributed by atoms with E-state index in [0.717, 1.165) is 24.3 Å². The van der Waals surface area contributed by atoms with Gasteiger partial charge in [-0.3, -0.25) is 9.59 Å². The molecule has 1 aliphatic heterocycles. The SMILES string of the molecule is Nc1ncnc2c1c(-c1ccc(Oc3c(F)c(F)cc(F)c3F)cc1F)nn2C1CCCN(C(=O)/C=C\C=O)C1. The zero-order valence-corrected chi connectivity index (χ0v) is 20.5. The summed E-state index contributed by atoms with van der Waals surface area (Å²) in [6, 6.07) is 2.74. The Morgan fingerprint density at radius 1 is 1.05 bits per heavy atom. The van der Waals surface area contributed by atoms with Crippen molar-refractivity contribution < 1.29 is 36.3 Å². The number of fused-ring (bicyclic) bond motifs is 1. The number of rotatable bonds is 6. The summed E-state index contributed by atoms with van der Waals surface area (Å²) in [4.78, 5) is 32.8. The van der Waals surface area contributed by atoms with Gasteiger partial charge in [0.05, 0.1) is 11.4 Å². The van der Waals surface area contributed by atoms with Gasteiger partial charge in [0.25, 0.3) is 0 Å². The van der Waals surface area contributed by atoms with Crippen molar-refractivity contribution in [1.29, 1.82) is 0 Å². The number of nitrogens with two attached hydrogens (primary N) is 1. The monoisotopic (exact) mass is 558 g/mol. The minimum absolute atomic E-state index is 0.00279. The van der Waals surface area contributed by atoms with Crippen molar-refractivity contribution in [2.75, 3.05) is 18.8 Å². The lowest BCUT2D eigenvalue weighted by atomic mass is 10.1. The molecule has 0 aliphatic carbocycles. The third-order valence-electron chi connectivity index (χ3n) is 6.38. The molecule has 1 fully saturated rings. The Hall–Kier alpha value is -4.88. The number of nitrogens with zero attached hydrogens (tertiary/aromatic N) is 5. The largest absolute Gasteiger partial charge is 0.451 e. The Balaban J connectivity index is 1.52. The van der Waals surface area contributed by atoms with E-state index in [1.165, 1.54) is 17.1 Å². The van der Waals surface area contributed by atoms with Crippen molar-refractivity contribution in [3.63, 3.8) is 0 Å². The van der Waals surface area contributed by atoms with Gasteiger partial charge in [0.15, 0.2) is 17.3 Å². The van der Waals surface area contributed by atoms with E-state index < -0.39 is 40.6 Å². The van der Waals surface area contributed by atoms with Crippen molar-refractivity contribution >= 4 is 29.0 Å². The van der Waals surface area contributed by atoms with E-state index in [0.29, 0.717) is 25.7 Å². The first-order chi connectivity index (χ1) is 19.2. The summed E-state index contributed by atoms with van der Waals surface area (Å²) in [5.74, 6) is -10.0. The van der Waals surface area contributed by atoms with E-state index in [9.17, 15) is 27.2 Å². The molecule has 4 aromatic rings. The zero-order valence-electron chi connectivity index (χ0n) is 20.5. The number of aromatic nitrogens is 4. The van der Waals surface area contributed by atoms with Crippen LogP contribution in [0.2, 0.25) is 0 Å². The average molecular weight is 558 g/mol. The van der Waals surface area contributed by atoms with Crippen LogP contribution < -0.4 is 10.5 Å². The van der Waals surface area contributed by atoms with Crippen molar-refractivity contribution in [2.45, 2.75) is 18.9 Å². The molecule has 0 saturated carbocycles. The molecule has 1 amide bonds. The summed E-state index contributed by atoms with van der Waals surface area (Å²) in [6.07, 6.45) is 5.21. The molecule has 5 rings (SSSR count). The van der Waals surface area contributed by atoms with Crippen molar-refractivity contribution in [3.8, 4) is 22.8 Å². The maximum atomic E-state index is 15.4. The van der Waals surface area contributed by atoms with E-state index in [2.05, 4.69) is 15.1 Å². The zero-order chi connectivity index (χ0) is 28.6. The number of hydrogen-bond acceptors (Lipinski definition) is 7. The van der Waals surface area contributed by atoms with Crippen molar-refractivity contribution in [1.82, 2.24) is 24.6 Å². The molecule has 2 aromatic carbocycles. The van der Waals surface area contributed by atoms with Crippen LogP contribution in [0, 0.1) is 29.1 Å². The number of piperidine rings is 1. The number of likely N-dealkylation sites (tertiary alicyclic amines) is 1. The Morgan fingerprint density at radius 2 is 1.80 bits per heavy atom. The molecule has 0 radical (unpaired) electrons. The number of amides is 1. The van der Waals surface area contributed by atoms with E-state index in [1.54, 1.807) is 4.90 Å². The van der Waals surface area contributed by atoms with E-state index in [1.807, 2.05) is 0 Å². The summed E-state index contributed by atoms with van der Waals surface area (Å²) in [5.41, 5.74) is 6.34. The second kappa shape index (κ2) is 10.7. The minimum Gasteiger partial charge on any atom is -0.451 e. The first-order valence-corrected chi connectivity index (χ1v) is 11.9. The second-order valence-electron chi connectivity index (χ2n) is 8.87. The molecule has 206 valence electrons. The van der Waals surface area contributed by atoms with Gasteiger partial charge in [-0.1, -0.05) is 0 Å². The predicted octanol–water partition coefficient (Wildman–Crippen LogP) is 4.48.